The topological polar surface area (TPSA) is 109 Å². The summed E-state index contributed by atoms with van der Waals surface area (Å²) >= 11 is 93.6. The van der Waals surface area contributed by atoms with Crippen LogP contribution in [0.2, 0.25) is 70.3 Å². The Balaban J connectivity index is 0.00000427. The molecule has 3 aromatic heterocycles. The van der Waals surface area contributed by atoms with E-state index in [1.54, 1.807) is 12.1 Å². The standard InChI is InChI=1S/C32H4Cl14N8.Cu/c33-4-2-1-3-5(12(4)34)26-47-25(3)48-27-6-7(14(36)20(42)19(41)13(6)35)29(50-27)52-31-10-11(18(40)24(46)23(45)17(10)39)32(54-31)53-30-9-8(28(49-26)51-30)15(37)21(43)22(44)16(9)38;/h1-2H,(H2,47,48,49,50,51,52,53,54);. The van der Waals surface area contributed by atoms with Crippen LogP contribution in [0, 0.1) is 0 Å². The maximum Gasteiger partial charge on any atom is 0.166 e. The second-order valence-corrected chi connectivity index (χ2v) is 16.7. The summed E-state index contributed by atoms with van der Waals surface area (Å²) < 4.78 is 0. The van der Waals surface area contributed by atoms with E-state index in [0.717, 1.165) is 0 Å². The van der Waals surface area contributed by atoms with E-state index in [0.29, 0.717) is 11.1 Å². The molecule has 0 amide bonds. The van der Waals surface area contributed by atoms with Crippen LogP contribution in [0.1, 0.15) is 0 Å². The number of aromatic nitrogens is 8. The number of nitrogens with zero attached hydrogens (tertiary/aromatic N) is 6. The maximum absolute atomic E-state index is 6.84. The molecule has 55 heavy (non-hydrogen) atoms. The van der Waals surface area contributed by atoms with E-state index in [9.17, 15) is 0 Å². The number of hydrogen-bond donors (Lipinski definition) is 2. The number of nitrogens with one attached hydrogen (secondary N) is 2. The molecular weight excluding hydrogens is 1060 g/mol. The fourth-order valence-corrected chi connectivity index (χ4v) is 9.64. The first-order valence-electron chi connectivity index (χ1n) is 14.5. The van der Waals surface area contributed by atoms with Crippen LogP contribution in [-0.2, 0) is 17.1 Å². The number of halogens is 14. The van der Waals surface area contributed by atoms with Crippen LogP contribution in [0.3, 0.4) is 0 Å². The van der Waals surface area contributed by atoms with Crippen LogP contribution in [0.5, 0.6) is 0 Å². The molecule has 0 spiro atoms. The molecule has 0 saturated carbocycles. The van der Waals surface area contributed by atoms with Crippen molar-refractivity contribution in [3.8, 4) is 45.6 Å². The SMILES string of the molecule is Clc1ccc2c(c1Cl)-c1nc-2nc2[nH]c(nc3nc(nc4[nH]c(n1)c1c(Cl)c(Cl)c(Cl)c(Cl)c41)-c1c(Cl)c(Cl)c(Cl)c(Cl)c1-3)c1c(Cl)c(Cl)c(Cl)c(Cl)c21.[Cu]. The molecule has 23 heteroatoms. The van der Waals surface area contributed by atoms with Gasteiger partial charge < -0.3 is 9.97 Å². The van der Waals surface area contributed by atoms with Crippen LogP contribution in [-0.4, -0.2) is 39.9 Å². The van der Waals surface area contributed by atoms with Crippen molar-refractivity contribution in [2.45, 2.75) is 0 Å². The second-order valence-electron chi connectivity index (χ2n) is 11.4. The zero-order chi connectivity index (χ0) is 38.4. The Morgan fingerprint density at radius 3 is 1.00 bits per heavy atom. The molecular formula is C32H4Cl14CuN8. The van der Waals surface area contributed by atoms with Crippen molar-refractivity contribution in [2.75, 3.05) is 0 Å². The molecule has 8 nitrogen and oxygen atoms in total. The predicted molar refractivity (Wildman–Crippen MR) is 226 cm³/mol. The van der Waals surface area contributed by atoms with E-state index in [-0.39, 0.29) is 166 Å². The molecule has 0 unspecified atom stereocenters. The molecule has 0 saturated heterocycles. The second kappa shape index (κ2) is 14.5. The van der Waals surface area contributed by atoms with Crippen molar-refractivity contribution < 1.29 is 17.1 Å². The first-order valence-corrected chi connectivity index (χ1v) is 19.8. The number of aromatic amines is 2. The van der Waals surface area contributed by atoms with E-state index < -0.39 is 0 Å². The van der Waals surface area contributed by atoms with Gasteiger partial charge in [0.2, 0.25) is 0 Å². The summed E-state index contributed by atoms with van der Waals surface area (Å²) in [5.41, 5.74) is 1.49. The minimum Gasteiger partial charge on any atom is -0.324 e. The predicted octanol–water partition coefficient (Wildman–Crippen LogP) is 16.0. The molecule has 5 heterocycles. The van der Waals surface area contributed by atoms with Gasteiger partial charge in [0.25, 0.3) is 0 Å². The summed E-state index contributed by atoms with van der Waals surface area (Å²) in [6.07, 6.45) is 0. The summed E-state index contributed by atoms with van der Waals surface area (Å²) in [7, 11) is 0. The molecule has 4 aromatic carbocycles. The van der Waals surface area contributed by atoms with Gasteiger partial charge in [-0.1, -0.05) is 162 Å². The summed E-state index contributed by atoms with van der Waals surface area (Å²) in [6, 6.07) is 3.26. The van der Waals surface area contributed by atoms with Gasteiger partial charge in [0.05, 0.1) is 109 Å². The van der Waals surface area contributed by atoms with Crippen molar-refractivity contribution in [2.24, 2.45) is 0 Å². The van der Waals surface area contributed by atoms with Crippen molar-refractivity contribution in [1.29, 1.82) is 0 Å². The Morgan fingerprint density at radius 1 is 0.309 bits per heavy atom. The van der Waals surface area contributed by atoms with E-state index >= 15 is 0 Å². The number of rotatable bonds is 0. The van der Waals surface area contributed by atoms with Crippen LogP contribution in [0.15, 0.2) is 12.1 Å². The third kappa shape index (κ3) is 5.92. The van der Waals surface area contributed by atoms with Crippen LogP contribution < -0.4 is 0 Å². The Kier molecular flexibility index (Phi) is 10.7. The molecule has 9 rings (SSSR count). The molecule has 8 bridgehead atoms. The Morgan fingerprint density at radius 2 is 0.618 bits per heavy atom. The van der Waals surface area contributed by atoms with Gasteiger partial charge in [0, 0.05) is 22.6 Å². The summed E-state index contributed by atoms with van der Waals surface area (Å²) in [6.45, 7) is 0. The van der Waals surface area contributed by atoms with E-state index in [4.69, 9.17) is 192 Å². The zero-order valence-electron chi connectivity index (χ0n) is 25.4. The first-order chi connectivity index (χ1) is 25.6. The summed E-state index contributed by atoms with van der Waals surface area (Å²) in [5, 5.41) is 0.899. The van der Waals surface area contributed by atoms with Gasteiger partial charge in [-0.15, -0.1) is 0 Å². The van der Waals surface area contributed by atoms with Gasteiger partial charge >= 0.3 is 0 Å². The van der Waals surface area contributed by atoms with E-state index in [2.05, 4.69) is 9.97 Å². The van der Waals surface area contributed by atoms with Gasteiger partial charge in [0.1, 0.15) is 22.6 Å². The van der Waals surface area contributed by atoms with E-state index in [1.165, 1.54) is 0 Å². The smallest absolute Gasteiger partial charge is 0.166 e. The van der Waals surface area contributed by atoms with E-state index in [1.807, 2.05) is 0 Å². The molecule has 7 aromatic rings. The van der Waals surface area contributed by atoms with Gasteiger partial charge in [-0.2, -0.15) is 0 Å². The molecule has 0 fully saturated rings. The molecule has 281 valence electrons. The third-order valence-electron chi connectivity index (χ3n) is 8.52. The molecule has 0 aliphatic carbocycles. The van der Waals surface area contributed by atoms with Gasteiger partial charge in [0.15, 0.2) is 23.3 Å². The van der Waals surface area contributed by atoms with Crippen molar-refractivity contribution in [3.05, 3.63) is 82.4 Å². The maximum atomic E-state index is 6.84. The molecule has 2 aliphatic rings. The van der Waals surface area contributed by atoms with Gasteiger partial charge in [-0.25, -0.2) is 29.9 Å². The molecule has 2 aliphatic heterocycles. The summed E-state index contributed by atoms with van der Waals surface area (Å²) in [5.74, 6) is 0.136. The number of benzene rings is 4. The zero-order valence-corrected chi connectivity index (χ0v) is 37.0. The molecule has 0 atom stereocenters. The first kappa shape index (κ1) is 40.6. The van der Waals surface area contributed by atoms with Crippen LogP contribution in [0.4, 0.5) is 0 Å². The minimum atomic E-state index is -0.0667. The average molecular weight is 1060 g/mol. The van der Waals surface area contributed by atoms with Crippen molar-refractivity contribution in [3.63, 3.8) is 0 Å². The Hall–Kier alpha value is -1.18. The Bertz CT molecular complexity index is 3120. The third-order valence-corrected chi connectivity index (χ3v) is 14.7. The monoisotopic (exact) mass is 1050 g/mol. The average Bonchev–Trinajstić information content (AvgIpc) is 3.89. The van der Waals surface area contributed by atoms with Crippen molar-refractivity contribution >= 4 is 207 Å². The summed E-state index contributed by atoms with van der Waals surface area (Å²) in [4.78, 5) is 35.1. The van der Waals surface area contributed by atoms with Gasteiger partial charge in [-0.3, -0.25) is 0 Å². The normalized spacial score (nSPS) is 12.0. The quantitative estimate of drug-likeness (QED) is 0.0890. The van der Waals surface area contributed by atoms with Crippen LogP contribution >= 0.6 is 162 Å². The molecule has 1 radical (unpaired) electrons. The van der Waals surface area contributed by atoms with Gasteiger partial charge in [-0.05, 0) is 12.1 Å². The molecule has 2 N–H and O–H groups in total. The number of H-pyrrole nitrogens is 2. The fraction of sp³-hybridized carbons (Fsp3) is 0. The van der Waals surface area contributed by atoms with Crippen LogP contribution in [0.25, 0.3) is 89.7 Å². The largest absolute Gasteiger partial charge is 0.324 e. The fourth-order valence-electron chi connectivity index (χ4n) is 6.15. The number of fused-ring (bicyclic) bond motifs is 20. The minimum absolute atomic E-state index is 0. The Labute approximate surface area is 387 Å². The number of hydrogen-bond acceptors (Lipinski definition) is 6. The van der Waals surface area contributed by atoms with Crippen molar-refractivity contribution in [1.82, 2.24) is 39.9 Å².